The average molecular weight is 242 g/mol. The normalized spacial score (nSPS) is 12.9. The first-order valence-corrected chi connectivity index (χ1v) is 6.88. The molecule has 0 bridgehead atoms. The molecule has 0 aromatic carbocycles. The Balaban J connectivity index is 2.47. The van der Waals surface area contributed by atoms with Crippen LogP contribution >= 0.6 is 11.5 Å². The van der Waals surface area contributed by atoms with Crippen molar-refractivity contribution in [3.8, 4) is 0 Å². The van der Waals surface area contributed by atoms with E-state index in [2.05, 4.69) is 28.9 Å². The molecule has 0 aliphatic heterocycles. The van der Waals surface area contributed by atoms with Crippen molar-refractivity contribution in [3.63, 3.8) is 0 Å². The molecule has 0 amide bonds. The summed E-state index contributed by atoms with van der Waals surface area (Å²) in [6.07, 6.45) is 7.07. The van der Waals surface area contributed by atoms with E-state index in [1.165, 1.54) is 42.1 Å². The lowest BCUT2D eigenvalue weighted by molar-refractivity contribution is 0.485. The molecule has 1 heterocycles. The van der Waals surface area contributed by atoms with Gasteiger partial charge in [-0.3, -0.25) is 11.3 Å². The fourth-order valence-electron chi connectivity index (χ4n) is 1.79. The van der Waals surface area contributed by atoms with E-state index in [9.17, 15) is 0 Å². The molecule has 5 heteroatoms. The van der Waals surface area contributed by atoms with E-state index in [-0.39, 0.29) is 6.04 Å². The van der Waals surface area contributed by atoms with Crippen molar-refractivity contribution >= 4 is 11.5 Å². The smallest absolute Gasteiger partial charge is 0.0801 e. The standard InChI is InChI=1S/C11H22N4S/c1-3-5-6-7-8-10(13-12)11-9(4-2)14-15-16-11/h10,13H,3-8,12H2,1-2H3. The number of hydrazine groups is 1. The lowest BCUT2D eigenvalue weighted by atomic mass is 10.0. The Bertz CT molecular complexity index is 287. The van der Waals surface area contributed by atoms with Gasteiger partial charge >= 0.3 is 0 Å². The second-order valence-corrected chi connectivity index (χ2v) is 4.79. The fraction of sp³-hybridized carbons (Fsp3) is 0.818. The number of aryl methyl sites for hydroxylation is 1. The molecule has 0 aliphatic carbocycles. The monoisotopic (exact) mass is 242 g/mol. The highest BCUT2D eigenvalue weighted by Gasteiger charge is 2.16. The summed E-state index contributed by atoms with van der Waals surface area (Å²) in [7, 11) is 0. The van der Waals surface area contributed by atoms with Crippen LogP contribution in [0.4, 0.5) is 0 Å². The molecule has 0 fully saturated rings. The molecule has 92 valence electrons. The molecule has 3 N–H and O–H groups in total. The van der Waals surface area contributed by atoms with Gasteiger partial charge in [0.25, 0.3) is 0 Å². The van der Waals surface area contributed by atoms with Gasteiger partial charge < -0.3 is 0 Å². The largest absolute Gasteiger partial charge is 0.271 e. The van der Waals surface area contributed by atoms with Gasteiger partial charge in [0, 0.05) is 0 Å². The molecule has 1 aromatic rings. The van der Waals surface area contributed by atoms with Gasteiger partial charge in [-0.2, -0.15) is 0 Å². The van der Waals surface area contributed by atoms with E-state index < -0.39 is 0 Å². The molecule has 0 saturated carbocycles. The summed E-state index contributed by atoms with van der Waals surface area (Å²) in [6, 6.07) is 0.229. The van der Waals surface area contributed by atoms with Gasteiger partial charge in [-0.05, 0) is 24.4 Å². The Kier molecular flexibility index (Phi) is 6.52. The van der Waals surface area contributed by atoms with Crippen LogP contribution in [0.2, 0.25) is 0 Å². The van der Waals surface area contributed by atoms with Gasteiger partial charge in [0.05, 0.1) is 16.6 Å². The minimum absolute atomic E-state index is 0.229. The van der Waals surface area contributed by atoms with Crippen LogP contribution in [0.25, 0.3) is 0 Å². The average Bonchev–Trinajstić information content (AvgIpc) is 2.77. The number of nitrogens with zero attached hydrogens (tertiary/aromatic N) is 2. The van der Waals surface area contributed by atoms with Crippen LogP contribution in [0.15, 0.2) is 0 Å². The SMILES string of the molecule is CCCCCCC(NN)c1snnc1CC. The van der Waals surface area contributed by atoms with E-state index in [1.54, 1.807) is 0 Å². The van der Waals surface area contributed by atoms with Crippen LogP contribution in [-0.4, -0.2) is 9.59 Å². The molecule has 1 rings (SSSR count). The highest BCUT2D eigenvalue weighted by molar-refractivity contribution is 7.05. The molecule has 1 atom stereocenters. The number of rotatable bonds is 8. The maximum Gasteiger partial charge on any atom is 0.0801 e. The number of unbranched alkanes of at least 4 members (excludes halogenated alkanes) is 3. The Labute approximate surface area is 102 Å². The Morgan fingerprint density at radius 1 is 1.31 bits per heavy atom. The van der Waals surface area contributed by atoms with Crippen LogP contribution in [0, 0.1) is 0 Å². The van der Waals surface area contributed by atoms with Gasteiger partial charge in [0.1, 0.15) is 0 Å². The lowest BCUT2D eigenvalue weighted by Crippen LogP contribution is -2.28. The van der Waals surface area contributed by atoms with Crippen molar-refractivity contribution in [2.24, 2.45) is 5.84 Å². The number of hydrogen-bond acceptors (Lipinski definition) is 5. The maximum atomic E-state index is 5.60. The van der Waals surface area contributed by atoms with Gasteiger partial charge in [0.15, 0.2) is 0 Å². The predicted molar refractivity (Wildman–Crippen MR) is 68.1 cm³/mol. The molecule has 1 unspecified atom stereocenters. The quantitative estimate of drug-likeness (QED) is 0.418. The van der Waals surface area contributed by atoms with Crippen LogP contribution in [-0.2, 0) is 6.42 Å². The molecule has 4 nitrogen and oxygen atoms in total. The zero-order valence-corrected chi connectivity index (χ0v) is 11.0. The Morgan fingerprint density at radius 3 is 2.75 bits per heavy atom. The van der Waals surface area contributed by atoms with Crippen LogP contribution in [0.1, 0.15) is 62.6 Å². The van der Waals surface area contributed by atoms with Crippen molar-refractivity contribution in [3.05, 3.63) is 10.6 Å². The van der Waals surface area contributed by atoms with Crippen molar-refractivity contribution in [1.82, 2.24) is 15.0 Å². The summed E-state index contributed by atoms with van der Waals surface area (Å²) in [5.74, 6) is 5.60. The topological polar surface area (TPSA) is 63.8 Å². The summed E-state index contributed by atoms with van der Waals surface area (Å²) < 4.78 is 4.00. The molecule has 0 radical (unpaired) electrons. The highest BCUT2D eigenvalue weighted by atomic mass is 32.1. The molecule has 0 saturated heterocycles. The first-order chi connectivity index (χ1) is 7.83. The summed E-state index contributed by atoms with van der Waals surface area (Å²) in [4.78, 5) is 1.21. The molecular weight excluding hydrogens is 220 g/mol. The Morgan fingerprint density at radius 2 is 2.12 bits per heavy atom. The predicted octanol–water partition coefficient (Wildman–Crippen LogP) is 2.58. The second-order valence-electron chi connectivity index (χ2n) is 4.01. The summed E-state index contributed by atoms with van der Waals surface area (Å²) >= 11 is 1.47. The molecule has 16 heavy (non-hydrogen) atoms. The van der Waals surface area contributed by atoms with E-state index in [0.717, 1.165) is 18.5 Å². The molecule has 0 spiro atoms. The van der Waals surface area contributed by atoms with Crippen molar-refractivity contribution < 1.29 is 0 Å². The molecule has 0 aliphatic rings. The third-order valence-electron chi connectivity index (χ3n) is 2.78. The second kappa shape index (κ2) is 7.70. The first-order valence-electron chi connectivity index (χ1n) is 6.10. The number of aromatic nitrogens is 2. The third-order valence-corrected chi connectivity index (χ3v) is 3.66. The van der Waals surface area contributed by atoms with Crippen LogP contribution < -0.4 is 11.3 Å². The van der Waals surface area contributed by atoms with E-state index in [1.807, 2.05) is 0 Å². The van der Waals surface area contributed by atoms with Gasteiger partial charge in [-0.15, -0.1) is 5.10 Å². The maximum absolute atomic E-state index is 5.60. The fourth-order valence-corrected chi connectivity index (χ4v) is 2.62. The number of hydrogen-bond donors (Lipinski definition) is 2. The minimum Gasteiger partial charge on any atom is -0.271 e. The van der Waals surface area contributed by atoms with Crippen molar-refractivity contribution in [2.45, 2.75) is 58.4 Å². The highest BCUT2D eigenvalue weighted by Crippen LogP contribution is 2.25. The molecular formula is C11H22N4S. The lowest BCUT2D eigenvalue weighted by Gasteiger charge is -2.14. The molecule has 1 aromatic heterocycles. The zero-order chi connectivity index (χ0) is 11.8. The van der Waals surface area contributed by atoms with Crippen LogP contribution in [0.3, 0.4) is 0 Å². The Hall–Kier alpha value is -0.520. The zero-order valence-electron chi connectivity index (χ0n) is 10.2. The van der Waals surface area contributed by atoms with Crippen LogP contribution in [0.5, 0.6) is 0 Å². The minimum atomic E-state index is 0.229. The van der Waals surface area contributed by atoms with Crippen molar-refractivity contribution in [2.75, 3.05) is 0 Å². The summed E-state index contributed by atoms with van der Waals surface area (Å²) in [6.45, 7) is 4.33. The third kappa shape index (κ3) is 3.81. The number of nitrogens with one attached hydrogen (secondary N) is 1. The van der Waals surface area contributed by atoms with E-state index >= 15 is 0 Å². The van der Waals surface area contributed by atoms with E-state index in [0.29, 0.717) is 0 Å². The van der Waals surface area contributed by atoms with E-state index in [4.69, 9.17) is 5.84 Å². The van der Waals surface area contributed by atoms with Crippen molar-refractivity contribution in [1.29, 1.82) is 0 Å². The van der Waals surface area contributed by atoms with Gasteiger partial charge in [-0.1, -0.05) is 44.0 Å². The first kappa shape index (κ1) is 13.5. The van der Waals surface area contributed by atoms with Gasteiger partial charge in [-0.25, -0.2) is 0 Å². The van der Waals surface area contributed by atoms with Gasteiger partial charge in [0.2, 0.25) is 0 Å². The summed E-state index contributed by atoms with van der Waals surface area (Å²) in [5, 5.41) is 4.12. The number of nitrogens with two attached hydrogens (primary N) is 1. The summed E-state index contributed by atoms with van der Waals surface area (Å²) in [5.41, 5.74) is 3.97.